The van der Waals surface area contributed by atoms with Crippen molar-refractivity contribution in [2.45, 2.75) is 18.5 Å². The van der Waals surface area contributed by atoms with E-state index in [1.54, 1.807) is 7.11 Å². The monoisotopic (exact) mass is 339 g/mol. The number of hydrogen-bond acceptors (Lipinski definition) is 3. The summed E-state index contributed by atoms with van der Waals surface area (Å²) in [5.41, 5.74) is 1.20. The van der Waals surface area contributed by atoms with Crippen LogP contribution < -0.4 is 5.32 Å². The van der Waals surface area contributed by atoms with Crippen LogP contribution in [0.15, 0.2) is 42.5 Å². The largest absolute Gasteiger partial charge is 0.394 e. The van der Waals surface area contributed by atoms with E-state index in [1.807, 2.05) is 30.3 Å². The molecule has 0 saturated carbocycles. The predicted molar refractivity (Wildman–Crippen MR) is 85.1 cm³/mol. The van der Waals surface area contributed by atoms with E-state index in [0.29, 0.717) is 13.0 Å². The van der Waals surface area contributed by atoms with E-state index >= 15 is 0 Å². The van der Waals surface area contributed by atoms with E-state index in [-0.39, 0.29) is 18.2 Å². The van der Waals surface area contributed by atoms with Crippen molar-refractivity contribution in [3.8, 4) is 0 Å². The summed E-state index contributed by atoms with van der Waals surface area (Å²) in [6.45, 7) is -0.0446. The number of benzene rings is 2. The fourth-order valence-electron chi connectivity index (χ4n) is 2.58. The second-order valence-corrected chi connectivity index (χ2v) is 5.54. The summed E-state index contributed by atoms with van der Waals surface area (Å²) in [5.74, 6) is -4.08. The predicted octanol–water partition coefficient (Wildman–Crippen LogP) is 2.98. The number of nitrogens with one attached hydrogen (secondary N) is 1. The van der Waals surface area contributed by atoms with Crippen LogP contribution in [0.4, 0.5) is 13.2 Å². The SMILES string of the molecule is COCC(Cc1ccccc1)NC(CO)c1cc(F)c(F)c(F)c1. The van der Waals surface area contributed by atoms with Crippen LogP contribution in [0.25, 0.3) is 0 Å². The summed E-state index contributed by atoms with van der Waals surface area (Å²) < 4.78 is 45.1. The number of aliphatic hydroxyl groups excluding tert-OH is 1. The molecule has 0 heterocycles. The lowest BCUT2D eigenvalue weighted by Gasteiger charge is -2.25. The first-order valence-corrected chi connectivity index (χ1v) is 7.59. The normalized spacial score (nSPS) is 13.7. The fraction of sp³-hybridized carbons (Fsp3) is 0.333. The highest BCUT2D eigenvalue weighted by atomic mass is 19.2. The van der Waals surface area contributed by atoms with Gasteiger partial charge in [0.15, 0.2) is 17.5 Å². The van der Waals surface area contributed by atoms with E-state index < -0.39 is 23.5 Å². The van der Waals surface area contributed by atoms with Gasteiger partial charge in [-0.3, -0.25) is 0 Å². The Kier molecular flexibility index (Phi) is 6.78. The highest BCUT2D eigenvalue weighted by Crippen LogP contribution is 2.20. The Labute approximate surface area is 139 Å². The standard InChI is InChI=1S/C18H20F3NO2/c1-24-11-14(7-12-5-3-2-4-6-12)22-17(10-23)13-8-15(19)18(21)16(20)9-13/h2-6,8-9,14,17,22-23H,7,10-11H2,1H3. The zero-order chi connectivity index (χ0) is 17.5. The Morgan fingerprint density at radius 1 is 1.08 bits per heavy atom. The van der Waals surface area contributed by atoms with Gasteiger partial charge in [-0.25, -0.2) is 13.2 Å². The lowest BCUT2D eigenvalue weighted by molar-refractivity contribution is 0.148. The first-order chi connectivity index (χ1) is 11.5. The van der Waals surface area contributed by atoms with Crippen molar-refractivity contribution >= 4 is 0 Å². The second-order valence-electron chi connectivity index (χ2n) is 5.54. The molecule has 0 saturated heterocycles. The van der Waals surface area contributed by atoms with E-state index in [4.69, 9.17) is 4.74 Å². The average molecular weight is 339 g/mol. The van der Waals surface area contributed by atoms with Gasteiger partial charge >= 0.3 is 0 Å². The smallest absolute Gasteiger partial charge is 0.194 e. The van der Waals surface area contributed by atoms with Crippen molar-refractivity contribution in [3.63, 3.8) is 0 Å². The van der Waals surface area contributed by atoms with Gasteiger partial charge in [0.1, 0.15) is 0 Å². The average Bonchev–Trinajstić information content (AvgIpc) is 2.58. The van der Waals surface area contributed by atoms with E-state index in [9.17, 15) is 18.3 Å². The van der Waals surface area contributed by atoms with E-state index in [0.717, 1.165) is 17.7 Å². The molecule has 2 atom stereocenters. The number of ether oxygens (including phenoxy) is 1. The Morgan fingerprint density at radius 3 is 2.25 bits per heavy atom. The minimum absolute atomic E-state index is 0.142. The minimum atomic E-state index is -1.52. The van der Waals surface area contributed by atoms with Gasteiger partial charge in [-0.15, -0.1) is 0 Å². The summed E-state index contributed by atoms with van der Waals surface area (Å²) in [4.78, 5) is 0. The summed E-state index contributed by atoms with van der Waals surface area (Å²) in [7, 11) is 1.55. The molecule has 0 fully saturated rings. The number of aliphatic hydroxyl groups is 1. The molecule has 0 aliphatic heterocycles. The molecular weight excluding hydrogens is 319 g/mol. The maximum Gasteiger partial charge on any atom is 0.194 e. The Morgan fingerprint density at radius 2 is 1.71 bits per heavy atom. The molecule has 2 unspecified atom stereocenters. The molecular formula is C18H20F3NO2. The lowest BCUT2D eigenvalue weighted by atomic mass is 10.0. The highest BCUT2D eigenvalue weighted by molar-refractivity contribution is 5.23. The first kappa shape index (κ1) is 18.4. The summed E-state index contributed by atoms with van der Waals surface area (Å²) in [5, 5.41) is 12.7. The molecule has 0 aromatic heterocycles. The maximum atomic E-state index is 13.4. The van der Waals surface area contributed by atoms with Gasteiger partial charge in [0, 0.05) is 13.2 Å². The van der Waals surface area contributed by atoms with Gasteiger partial charge in [-0.1, -0.05) is 30.3 Å². The van der Waals surface area contributed by atoms with E-state index in [2.05, 4.69) is 5.32 Å². The van der Waals surface area contributed by atoms with Crippen molar-refractivity contribution in [3.05, 3.63) is 71.0 Å². The van der Waals surface area contributed by atoms with E-state index in [1.165, 1.54) is 0 Å². The molecule has 0 spiro atoms. The third-order valence-electron chi connectivity index (χ3n) is 3.72. The van der Waals surface area contributed by atoms with Crippen LogP contribution in [0.5, 0.6) is 0 Å². The summed E-state index contributed by atoms with van der Waals surface area (Å²) in [6, 6.07) is 10.5. The molecule has 0 bridgehead atoms. The lowest BCUT2D eigenvalue weighted by Crippen LogP contribution is -2.39. The van der Waals surface area contributed by atoms with Crippen LogP contribution in [0.1, 0.15) is 17.2 Å². The quantitative estimate of drug-likeness (QED) is 0.727. The van der Waals surface area contributed by atoms with Crippen molar-refractivity contribution in [2.75, 3.05) is 20.3 Å². The van der Waals surface area contributed by atoms with Crippen LogP contribution >= 0.6 is 0 Å². The second kappa shape index (κ2) is 8.82. The number of methoxy groups -OCH3 is 1. The van der Waals surface area contributed by atoms with Crippen LogP contribution in [-0.2, 0) is 11.2 Å². The first-order valence-electron chi connectivity index (χ1n) is 7.59. The van der Waals surface area contributed by atoms with Crippen molar-refractivity contribution in [1.82, 2.24) is 5.32 Å². The van der Waals surface area contributed by atoms with Gasteiger partial charge < -0.3 is 15.2 Å². The molecule has 2 aromatic rings. The van der Waals surface area contributed by atoms with Gasteiger partial charge in [-0.05, 0) is 29.7 Å². The highest BCUT2D eigenvalue weighted by Gasteiger charge is 2.20. The molecule has 2 aromatic carbocycles. The van der Waals surface area contributed by atoms with Crippen LogP contribution in [0.2, 0.25) is 0 Å². The van der Waals surface area contributed by atoms with Crippen molar-refractivity contribution < 1.29 is 23.0 Å². The molecule has 130 valence electrons. The third kappa shape index (κ3) is 4.80. The van der Waals surface area contributed by atoms with Gasteiger partial charge in [0.2, 0.25) is 0 Å². The van der Waals surface area contributed by atoms with Crippen molar-refractivity contribution in [2.24, 2.45) is 0 Å². The van der Waals surface area contributed by atoms with Gasteiger partial charge in [0.25, 0.3) is 0 Å². The topological polar surface area (TPSA) is 41.5 Å². The maximum absolute atomic E-state index is 13.4. The van der Waals surface area contributed by atoms with Crippen LogP contribution in [0.3, 0.4) is 0 Å². The fourth-order valence-corrected chi connectivity index (χ4v) is 2.58. The van der Waals surface area contributed by atoms with Crippen LogP contribution in [0, 0.1) is 17.5 Å². The Hall–Kier alpha value is -1.89. The molecule has 6 heteroatoms. The molecule has 2 N–H and O–H groups in total. The van der Waals surface area contributed by atoms with Gasteiger partial charge in [-0.2, -0.15) is 0 Å². The molecule has 24 heavy (non-hydrogen) atoms. The molecule has 3 nitrogen and oxygen atoms in total. The summed E-state index contributed by atoms with van der Waals surface area (Å²) in [6.07, 6.45) is 0.608. The molecule has 0 aliphatic rings. The molecule has 0 radical (unpaired) electrons. The van der Waals surface area contributed by atoms with Crippen molar-refractivity contribution in [1.29, 1.82) is 0 Å². The number of rotatable bonds is 8. The number of halogens is 3. The van der Waals surface area contributed by atoms with Gasteiger partial charge in [0.05, 0.1) is 19.3 Å². The molecule has 0 amide bonds. The molecule has 0 aliphatic carbocycles. The Bertz CT molecular complexity index is 629. The molecule has 2 rings (SSSR count). The van der Waals surface area contributed by atoms with Crippen LogP contribution in [-0.4, -0.2) is 31.5 Å². The summed E-state index contributed by atoms with van der Waals surface area (Å²) >= 11 is 0. The minimum Gasteiger partial charge on any atom is -0.394 e. The number of hydrogen-bond donors (Lipinski definition) is 2. The zero-order valence-corrected chi connectivity index (χ0v) is 13.3. The Balaban J connectivity index is 2.16. The zero-order valence-electron chi connectivity index (χ0n) is 13.3. The third-order valence-corrected chi connectivity index (χ3v) is 3.72.